The molecule has 25 heavy (non-hydrogen) atoms. The van der Waals surface area contributed by atoms with Crippen molar-refractivity contribution < 1.29 is 4.79 Å². The van der Waals surface area contributed by atoms with Gasteiger partial charge in [0.2, 0.25) is 5.91 Å². The van der Waals surface area contributed by atoms with Crippen LogP contribution in [0, 0.1) is 5.92 Å². The van der Waals surface area contributed by atoms with Crippen molar-refractivity contribution in [3.8, 4) is 0 Å². The van der Waals surface area contributed by atoms with E-state index < -0.39 is 0 Å². The van der Waals surface area contributed by atoms with E-state index in [1.54, 1.807) is 11.3 Å². The van der Waals surface area contributed by atoms with Crippen molar-refractivity contribution in [1.29, 1.82) is 0 Å². The fourth-order valence-electron chi connectivity index (χ4n) is 4.08. The number of hydrogen-bond acceptors (Lipinski definition) is 5. The Labute approximate surface area is 150 Å². The summed E-state index contributed by atoms with van der Waals surface area (Å²) in [6.45, 7) is 5.09. The Hall–Kier alpha value is -1.76. The second-order valence-corrected chi connectivity index (χ2v) is 8.60. The maximum Gasteiger partial charge on any atom is 0.279 e. The molecule has 0 radical (unpaired) electrons. The van der Waals surface area contributed by atoms with Gasteiger partial charge in [0, 0.05) is 17.5 Å². The molecule has 1 aliphatic carbocycles. The Kier molecular flexibility index (Phi) is 4.35. The number of aryl methyl sites for hydroxylation is 1. The number of carbonyl (C=O) groups excluding carboxylic acids is 1. The van der Waals surface area contributed by atoms with Gasteiger partial charge in [0.05, 0.1) is 5.39 Å². The van der Waals surface area contributed by atoms with Crippen LogP contribution in [0.1, 0.15) is 50.0 Å². The van der Waals surface area contributed by atoms with E-state index in [1.807, 2.05) is 4.90 Å². The maximum atomic E-state index is 12.9. The van der Waals surface area contributed by atoms with Crippen molar-refractivity contribution in [3.05, 3.63) is 20.8 Å². The van der Waals surface area contributed by atoms with Crippen LogP contribution in [0.25, 0.3) is 10.2 Å². The first-order valence-electron chi connectivity index (χ1n) is 9.22. The Morgan fingerprint density at radius 1 is 1.28 bits per heavy atom. The van der Waals surface area contributed by atoms with Gasteiger partial charge >= 0.3 is 0 Å². The van der Waals surface area contributed by atoms with Crippen molar-refractivity contribution in [2.75, 3.05) is 6.54 Å². The van der Waals surface area contributed by atoms with Crippen LogP contribution in [0.5, 0.6) is 0 Å². The molecule has 3 heterocycles. The highest BCUT2D eigenvalue weighted by atomic mass is 32.1. The molecule has 0 saturated carbocycles. The molecule has 2 aromatic rings. The molecule has 2 aliphatic rings. The van der Waals surface area contributed by atoms with Gasteiger partial charge in [-0.1, -0.05) is 12.1 Å². The number of fused-ring (bicyclic) bond motifs is 3. The molecule has 0 spiro atoms. The van der Waals surface area contributed by atoms with Gasteiger partial charge in [-0.25, -0.2) is 4.68 Å². The van der Waals surface area contributed by atoms with Crippen molar-refractivity contribution in [3.63, 3.8) is 0 Å². The minimum Gasteiger partial charge on any atom is -0.338 e. The van der Waals surface area contributed by atoms with Gasteiger partial charge in [0.1, 0.15) is 6.54 Å². The van der Waals surface area contributed by atoms with Crippen LogP contribution in [0.4, 0.5) is 0 Å². The maximum absolute atomic E-state index is 12.9. The Balaban J connectivity index is 1.65. The number of rotatable bonds is 2. The minimum atomic E-state index is -0.157. The largest absolute Gasteiger partial charge is 0.338 e. The van der Waals surface area contributed by atoms with Crippen molar-refractivity contribution in [2.45, 2.75) is 65.0 Å². The monoisotopic (exact) mass is 360 g/mol. The average molecular weight is 360 g/mol. The van der Waals surface area contributed by atoms with Crippen molar-refractivity contribution in [1.82, 2.24) is 19.9 Å². The third-order valence-corrected chi connectivity index (χ3v) is 6.73. The van der Waals surface area contributed by atoms with Crippen LogP contribution in [0.15, 0.2) is 4.79 Å². The zero-order valence-corrected chi connectivity index (χ0v) is 15.6. The van der Waals surface area contributed by atoms with Crippen LogP contribution in [0.3, 0.4) is 0 Å². The molecular weight excluding hydrogens is 336 g/mol. The lowest BCUT2D eigenvalue weighted by molar-refractivity contribution is -0.135. The van der Waals surface area contributed by atoms with E-state index in [9.17, 15) is 9.59 Å². The first-order chi connectivity index (χ1) is 12.0. The van der Waals surface area contributed by atoms with E-state index in [1.165, 1.54) is 9.56 Å². The van der Waals surface area contributed by atoms with Gasteiger partial charge in [0.25, 0.3) is 5.56 Å². The standard InChI is InChI=1S/C18H24N4O2S/c1-11-6-7-13-14(9-11)25-17-16(13)18(24)22(20-19-17)10-15(23)21-8-4-3-5-12(21)2/h11-12H,3-10H2,1-2H3/t11-,12+/m1/s1. The summed E-state index contributed by atoms with van der Waals surface area (Å²) in [5.41, 5.74) is 0.987. The summed E-state index contributed by atoms with van der Waals surface area (Å²) in [5.74, 6) is 0.624. The molecule has 0 bridgehead atoms. The van der Waals surface area contributed by atoms with Gasteiger partial charge in [-0.05, 0) is 56.9 Å². The highest BCUT2D eigenvalue weighted by molar-refractivity contribution is 7.18. The molecule has 1 aliphatic heterocycles. The topological polar surface area (TPSA) is 68.1 Å². The lowest BCUT2D eigenvalue weighted by Gasteiger charge is -2.33. The third kappa shape index (κ3) is 2.99. The number of nitrogens with zero attached hydrogens (tertiary/aromatic N) is 4. The highest BCUT2D eigenvalue weighted by Gasteiger charge is 2.26. The number of thiophene rings is 1. The molecule has 2 aromatic heterocycles. The summed E-state index contributed by atoms with van der Waals surface area (Å²) < 4.78 is 1.26. The predicted octanol–water partition coefficient (Wildman–Crippen LogP) is 2.38. The quantitative estimate of drug-likeness (QED) is 0.825. The average Bonchev–Trinajstić information content (AvgIpc) is 2.95. The van der Waals surface area contributed by atoms with Gasteiger partial charge in [0.15, 0.2) is 4.83 Å². The van der Waals surface area contributed by atoms with E-state index >= 15 is 0 Å². The van der Waals surface area contributed by atoms with Crippen LogP contribution >= 0.6 is 11.3 Å². The fraction of sp³-hybridized carbons (Fsp3) is 0.667. The second kappa shape index (κ2) is 6.52. The van der Waals surface area contributed by atoms with Gasteiger partial charge in [-0.2, -0.15) is 0 Å². The predicted molar refractivity (Wildman–Crippen MR) is 97.9 cm³/mol. The highest BCUT2D eigenvalue weighted by Crippen LogP contribution is 2.35. The number of likely N-dealkylation sites (tertiary alicyclic amines) is 1. The summed E-state index contributed by atoms with van der Waals surface area (Å²) in [6.07, 6.45) is 6.27. The molecule has 1 saturated heterocycles. The van der Waals surface area contributed by atoms with Crippen molar-refractivity contribution >= 4 is 27.5 Å². The molecule has 7 heteroatoms. The zero-order chi connectivity index (χ0) is 17.6. The van der Waals surface area contributed by atoms with Crippen LogP contribution in [0.2, 0.25) is 0 Å². The Bertz CT molecular complexity index is 872. The van der Waals surface area contributed by atoms with Gasteiger partial charge in [-0.15, -0.1) is 16.4 Å². The molecule has 0 N–H and O–H groups in total. The lowest BCUT2D eigenvalue weighted by atomic mass is 9.89. The minimum absolute atomic E-state index is 0.00681. The number of aromatic nitrogens is 3. The molecule has 2 atom stereocenters. The number of hydrogen-bond donors (Lipinski definition) is 0. The molecule has 0 unspecified atom stereocenters. The van der Waals surface area contributed by atoms with Crippen molar-refractivity contribution in [2.24, 2.45) is 5.92 Å². The van der Waals surface area contributed by atoms with Gasteiger partial charge in [-0.3, -0.25) is 9.59 Å². The smallest absolute Gasteiger partial charge is 0.279 e. The van der Waals surface area contributed by atoms with Gasteiger partial charge < -0.3 is 4.90 Å². The van der Waals surface area contributed by atoms with Crippen LogP contribution < -0.4 is 5.56 Å². The summed E-state index contributed by atoms with van der Waals surface area (Å²) in [7, 11) is 0. The first kappa shape index (κ1) is 16.7. The molecule has 134 valence electrons. The SMILES string of the molecule is C[C@@H]1CCc2c(sc3nnn(CC(=O)N4CCCC[C@@H]4C)c(=O)c23)C1. The third-order valence-electron chi connectivity index (χ3n) is 5.59. The second-order valence-electron chi connectivity index (χ2n) is 7.52. The molecule has 6 nitrogen and oxygen atoms in total. The fourth-order valence-corrected chi connectivity index (χ4v) is 5.40. The summed E-state index contributed by atoms with van der Waals surface area (Å²) >= 11 is 1.59. The molecular formula is C18H24N4O2S. The van der Waals surface area contributed by atoms with Crippen LogP contribution in [-0.4, -0.2) is 38.4 Å². The summed E-state index contributed by atoms with van der Waals surface area (Å²) in [4.78, 5) is 29.5. The van der Waals surface area contributed by atoms with E-state index in [0.717, 1.165) is 55.5 Å². The molecule has 4 rings (SSSR count). The normalized spacial score (nSPS) is 23.7. The Morgan fingerprint density at radius 3 is 2.92 bits per heavy atom. The number of piperidine rings is 1. The zero-order valence-electron chi connectivity index (χ0n) is 14.8. The van der Waals surface area contributed by atoms with E-state index in [4.69, 9.17) is 0 Å². The summed E-state index contributed by atoms with van der Waals surface area (Å²) in [5, 5.41) is 8.99. The summed E-state index contributed by atoms with van der Waals surface area (Å²) in [6, 6.07) is 0.240. The first-order valence-corrected chi connectivity index (χ1v) is 10.0. The van der Waals surface area contributed by atoms with E-state index in [0.29, 0.717) is 11.3 Å². The van der Waals surface area contributed by atoms with Crippen LogP contribution in [-0.2, 0) is 24.2 Å². The number of carbonyl (C=O) groups is 1. The van der Waals surface area contributed by atoms with E-state index in [-0.39, 0.29) is 24.1 Å². The molecule has 1 fully saturated rings. The lowest BCUT2D eigenvalue weighted by Crippen LogP contribution is -2.45. The number of amides is 1. The van der Waals surface area contributed by atoms with E-state index in [2.05, 4.69) is 24.2 Å². The Morgan fingerprint density at radius 2 is 2.12 bits per heavy atom. The molecule has 0 aromatic carbocycles. The molecule has 1 amide bonds.